The lowest BCUT2D eigenvalue weighted by Crippen LogP contribution is -2.22. The minimum Gasteiger partial charge on any atom is -0.444 e. The number of benzene rings is 1. The molecular formula is C17H16BrN3O2. The molecule has 1 aromatic carbocycles. The average molecular weight is 374 g/mol. The topological polar surface area (TPSA) is 60.1 Å². The number of nitrogens with zero attached hydrogens (tertiary/aromatic N) is 2. The summed E-state index contributed by atoms with van der Waals surface area (Å²) >= 11 is 3.19. The largest absolute Gasteiger partial charge is 0.444 e. The Morgan fingerprint density at radius 3 is 2.61 bits per heavy atom. The number of aryl methyl sites for hydroxylation is 1. The lowest BCUT2D eigenvalue weighted by Gasteiger charge is -2.06. The van der Waals surface area contributed by atoms with Crippen LogP contribution in [-0.2, 0) is 6.54 Å². The van der Waals surface area contributed by atoms with Crippen molar-refractivity contribution in [2.24, 2.45) is 0 Å². The number of halogens is 1. The standard InChI is InChI=1S/C17H16BrN3O2/c1-11-14(10-19-17(22)15-8-9-16(18)23-15)12(2)21(20-11)13-6-4-3-5-7-13/h3-9H,10H2,1-2H3,(H,19,22). The van der Waals surface area contributed by atoms with Crippen molar-refractivity contribution in [2.75, 3.05) is 0 Å². The molecule has 23 heavy (non-hydrogen) atoms. The number of rotatable bonds is 4. The number of carbonyl (C=O) groups excluding carboxylic acids is 1. The number of nitrogens with one attached hydrogen (secondary N) is 1. The Morgan fingerprint density at radius 2 is 1.96 bits per heavy atom. The summed E-state index contributed by atoms with van der Waals surface area (Å²) in [4.78, 5) is 12.1. The second-order valence-corrected chi connectivity index (χ2v) is 5.96. The molecule has 118 valence electrons. The summed E-state index contributed by atoms with van der Waals surface area (Å²) in [6, 6.07) is 13.2. The van der Waals surface area contributed by atoms with E-state index in [2.05, 4.69) is 26.3 Å². The number of hydrogen-bond donors (Lipinski definition) is 1. The van der Waals surface area contributed by atoms with Crippen LogP contribution in [0.5, 0.6) is 0 Å². The van der Waals surface area contributed by atoms with E-state index in [1.165, 1.54) is 0 Å². The van der Waals surface area contributed by atoms with Gasteiger partial charge in [-0.1, -0.05) is 18.2 Å². The third-order valence-corrected chi connectivity index (χ3v) is 4.09. The van der Waals surface area contributed by atoms with Gasteiger partial charge in [0, 0.05) is 17.8 Å². The predicted molar refractivity (Wildman–Crippen MR) is 90.6 cm³/mol. The van der Waals surface area contributed by atoms with Gasteiger partial charge in [-0.25, -0.2) is 4.68 Å². The number of furan rings is 1. The van der Waals surface area contributed by atoms with Gasteiger partial charge >= 0.3 is 0 Å². The van der Waals surface area contributed by atoms with Crippen LogP contribution in [0.1, 0.15) is 27.5 Å². The van der Waals surface area contributed by atoms with Gasteiger partial charge < -0.3 is 9.73 Å². The van der Waals surface area contributed by atoms with Crippen LogP contribution >= 0.6 is 15.9 Å². The maximum atomic E-state index is 12.1. The van der Waals surface area contributed by atoms with Crippen LogP contribution in [0.3, 0.4) is 0 Å². The molecule has 0 aliphatic rings. The van der Waals surface area contributed by atoms with E-state index >= 15 is 0 Å². The minimum absolute atomic E-state index is 0.248. The molecular weight excluding hydrogens is 358 g/mol. The van der Waals surface area contributed by atoms with Crippen LogP contribution < -0.4 is 5.32 Å². The molecule has 6 heteroatoms. The molecule has 2 heterocycles. The first-order valence-electron chi connectivity index (χ1n) is 7.20. The molecule has 1 N–H and O–H groups in total. The van der Waals surface area contributed by atoms with Gasteiger partial charge in [0.15, 0.2) is 10.4 Å². The molecule has 0 saturated heterocycles. The molecule has 3 rings (SSSR count). The normalized spacial score (nSPS) is 10.7. The van der Waals surface area contributed by atoms with Crippen molar-refractivity contribution in [1.29, 1.82) is 0 Å². The first-order valence-corrected chi connectivity index (χ1v) is 7.99. The van der Waals surface area contributed by atoms with Gasteiger partial charge in [-0.15, -0.1) is 0 Å². The highest BCUT2D eigenvalue weighted by Crippen LogP contribution is 2.18. The lowest BCUT2D eigenvalue weighted by atomic mass is 10.2. The molecule has 0 saturated carbocycles. The monoisotopic (exact) mass is 373 g/mol. The molecule has 5 nitrogen and oxygen atoms in total. The maximum Gasteiger partial charge on any atom is 0.287 e. The van der Waals surface area contributed by atoms with Crippen molar-refractivity contribution in [3.05, 3.63) is 69.8 Å². The number of hydrogen-bond acceptors (Lipinski definition) is 3. The summed E-state index contributed by atoms with van der Waals surface area (Å²) < 4.78 is 7.68. The van der Waals surface area contributed by atoms with E-state index in [4.69, 9.17) is 4.42 Å². The summed E-state index contributed by atoms with van der Waals surface area (Å²) in [6.45, 7) is 4.34. The number of carbonyl (C=O) groups is 1. The third kappa shape index (κ3) is 3.22. The van der Waals surface area contributed by atoms with Crippen molar-refractivity contribution >= 4 is 21.8 Å². The molecule has 0 aliphatic heterocycles. The highest BCUT2D eigenvalue weighted by atomic mass is 79.9. The highest BCUT2D eigenvalue weighted by molar-refractivity contribution is 9.10. The Bertz CT molecular complexity index is 837. The molecule has 0 atom stereocenters. The lowest BCUT2D eigenvalue weighted by molar-refractivity contribution is 0.0922. The van der Waals surface area contributed by atoms with Crippen molar-refractivity contribution < 1.29 is 9.21 Å². The SMILES string of the molecule is Cc1nn(-c2ccccc2)c(C)c1CNC(=O)c1ccc(Br)o1. The van der Waals surface area contributed by atoms with E-state index in [-0.39, 0.29) is 11.7 Å². The van der Waals surface area contributed by atoms with Crippen molar-refractivity contribution in [3.8, 4) is 5.69 Å². The second-order valence-electron chi connectivity index (χ2n) is 5.18. The molecule has 0 spiro atoms. The van der Waals surface area contributed by atoms with Gasteiger partial charge in [0.05, 0.1) is 11.4 Å². The number of amides is 1. The van der Waals surface area contributed by atoms with E-state index in [9.17, 15) is 4.79 Å². The van der Waals surface area contributed by atoms with Crippen molar-refractivity contribution in [2.45, 2.75) is 20.4 Å². The Kier molecular flexibility index (Phi) is 4.34. The molecule has 0 bridgehead atoms. The quantitative estimate of drug-likeness (QED) is 0.756. The fourth-order valence-corrected chi connectivity index (χ4v) is 2.75. The molecule has 0 radical (unpaired) electrons. The molecule has 2 aromatic heterocycles. The average Bonchev–Trinajstić information content (AvgIpc) is 3.10. The maximum absolute atomic E-state index is 12.1. The first kappa shape index (κ1) is 15.6. The molecule has 1 amide bonds. The third-order valence-electron chi connectivity index (χ3n) is 3.66. The van der Waals surface area contributed by atoms with Crippen LogP contribution in [0.2, 0.25) is 0 Å². The van der Waals surface area contributed by atoms with E-state index < -0.39 is 0 Å². The van der Waals surface area contributed by atoms with Gasteiger partial charge in [-0.05, 0) is 54.0 Å². The van der Waals surface area contributed by atoms with Gasteiger partial charge in [-0.2, -0.15) is 5.10 Å². The predicted octanol–water partition coefficient (Wildman–Crippen LogP) is 3.77. The zero-order valence-corrected chi connectivity index (χ0v) is 14.4. The number of para-hydroxylation sites is 1. The van der Waals surface area contributed by atoms with E-state index in [0.29, 0.717) is 11.2 Å². The van der Waals surface area contributed by atoms with Crippen LogP contribution in [0.4, 0.5) is 0 Å². The van der Waals surface area contributed by atoms with Crippen LogP contribution in [0.15, 0.2) is 51.6 Å². The van der Waals surface area contributed by atoms with Gasteiger partial charge in [-0.3, -0.25) is 4.79 Å². The summed E-state index contributed by atoms with van der Waals surface area (Å²) in [7, 11) is 0. The summed E-state index contributed by atoms with van der Waals surface area (Å²) in [6.07, 6.45) is 0. The molecule has 0 unspecified atom stereocenters. The first-order chi connectivity index (χ1) is 11.1. The minimum atomic E-state index is -0.248. The van der Waals surface area contributed by atoms with Crippen LogP contribution in [0, 0.1) is 13.8 Å². The van der Waals surface area contributed by atoms with Gasteiger partial charge in [0.1, 0.15) is 0 Å². The van der Waals surface area contributed by atoms with E-state index in [1.54, 1.807) is 12.1 Å². The van der Waals surface area contributed by atoms with E-state index in [0.717, 1.165) is 22.6 Å². The second kappa shape index (κ2) is 6.42. The fraction of sp³-hybridized carbons (Fsp3) is 0.176. The van der Waals surface area contributed by atoms with Crippen molar-refractivity contribution in [1.82, 2.24) is 15.1 Å². The Hall–Kier alpha value is -2.34. The Labute approximate surface area is 142 Å². The van der Waals surface area contributed by atoms with Crippen LogP contribution in [0.25, 0.3) is 5.69 Å². The number of aromatic nitrogens is 2. The smallest absolute Gasteiger partial charge is 0.287 e. The zero-order valence-electron chi connectivity index (χ0n) is 12.8. The Balaban J connectivity index is 1.79. The zero-order chi connectivity index (χ0) is 16.4. The summed E-state index contributed by atoms with van der Waals surface area (Å²) in [5.74, 6) is 0.0320. The highest BCUT2D eigenvalue weighted by Gasteiger charge is 2.15. The van der Waals surface area contributed by atoms with Gasteiger partial charge in [0.2, 0.25) is 0 Å². The van der Waals surface area contributed by atoms with E-state index in [1.807, 2.05) is 48.9 Å². The van der Waals surface area contributed by atoms with Gasteiger partial charge in [0.25, 0.3) is 5.91 Å². The van der Waals surface area contributed by atoms with Crippen LogP contribution in [-0.4, -0.2) is 15.7 Å². The molecule has 3 aromatic rings. The molecule has 0 fully saturated rings. The summed E-state index contributed by atoms with van der Waals surface area (Å²) in [5.41, 5.74) is 3.91. The van der Waals surface area contributed by atoms with Crippen molar-refractivity contribution in [3.63, 3.8) is 0 Å². The molecule has 0 aliphatic carbocycles. The summed E-state index contributed by atoms with van der Waals surface area (Å²) in [5, 5.41) is 7.44. The Morgan fingerprint density at radius 1 is 1.22 bits per heavy atom. The fourth-order valence-electron chi connectivity index (χ4n) is 2.44.